The summed E-state index contributed by atoms with van der Waals surface area (Å²) < 4.78 is 11.2. The molecule has 0 aliphatic heterocycles. The third kappa shape index (κ3) is 3.28. The summed E-state index contributed by atoms with van der Waals surface area (Å²) in [5.74, 6) is 0. The summed E-state index contributed by atoms with van der Waals surface area (Å²) in [6, 6.07) is 0. The summed E-state index contributed by atoms with van der Waals surface area (Å²) in [7, 11) is 0. The lowest BCUT2D eigenvalue weighted by atomic mass is 10.3. The average Bonchev–Trinajstić information content (AvgIpc) is 1.68. The molecule has 0 fully saturated rings. The number of hydrogen-bond donors (Lipinski definition) is 0. The molecule has 0 saturated carbocycles. The van der Waals surface area contributed by atoms with Crippen LogP contribution >= 0.6 is 0 Å². The van der Waals surface area contributed by atoms with Crippen LogP contribution in [0, 0.1) is 0 Å². The van der Waals surface area contributed by atoms with Gasteiger partial charge in [0.2, 0.25) is 0 Å². The molecule has 1 heteroatoms. The molecule has 0 aromatic rings. The van der Waals surface area contributed by atoms with Gasteiger partial charge in [-0.15, -0.1) is 0 Å². The Morgan fingerprint density at radius 1 is 1.86 bits per heavy atom. The van der Waals surface area contributed by atoms with Gasteiger partial charge in [-0.25, -0.2) is 4.39 Å². The Kier molecular flexibility index (Phi) is 3.35. The fourth-order valence-electron chi connectivity index (χ4n) is 0.195. The van der Waals surface area contributed by atoms with E-state index in [4.69, 9.17) is 0 Å². The van der Waals surface area contributed by atoms with Crippen molar-refractivity contribution < 1.29 is 4.39 Å². The molecule has 0 atom stereocenters. The van der Waals surface area contributed by atoms with E-state index in [0.29, 0.717) is 6.33 Å². The Labute approximate surface area is 43.4 Å². The van der Waals surface area contributed by atoms with E-state index in [1.165, 1.54) is 0 Å². The zero-order valence-corrected chi connectivity index (χ0v) is 4.66. The van der Waals surface area contributed by atoms with E-state index in [-0.39, 0.29) is 0 Å². The van der Waals surface area contributed by atoms with Crippen LogP contribution in [-0.4, -0.2) is 0 Å². The highest BCUT2D eigenvalue weighted by Crippen LogP contribution is 1.92. The largest absolute Gasteiger partial charge is 0.206 e. The SMILES string of the molecule is CCC(C)=C=CF. The molecule has 0 heterocycles. The first kappa shape index (κ1) is 6.45. The van der Waals surface area contributed by atoms with Crippen LogP contribution in [0.4, 0.5) is 4.39 Å². The van der Waals surface area contributed by atoms with Crippen molar-refractivity contribution in [1.82, 2.24) is 0 Å². The molecule has 0 aromatic carbocycles. The maximum absolute atomic E-state index is 11.2. The quantitative estimate of drug-likeness (QED) is 0.444. The Morgan fingerprint density at radius 3 is 2.57 bits per heavy atom. The summed E-state index contributed by atoms with van der Waals surface area (Å²) in [6.07, 6.45) is 1.32. The van der Waals surface area contributed by atoms with Gasteiger partial charge in [-0.2, -0.15) is 0 Å². The standard InChI is InChI=1S/C6H9F/c1-3-6(2)4-5-7/h5H,3H2,1-2H3. The lowest BCUT2D eigenvalue weighted by molar-refractivity contribution is 0.722. The maximum atomic E-state index is 11.2. The molecule has 0 aromatic heterocycles. The molecule has 0 radical (unpaired) electrons. The van der Waals surface area contributed by atoms with Gasteiger partial charge >= 0.3 is 0 Å². The average molecular weight is 100 g/mol. The van der Waals surface area contributed by atoms with Crippen LogP contribution in [0.25, 0.3) is 0 Å². The van der Waals surface area contributed by atoms with Crippen molar-refractivity contribution in [3.8, 4) is 0 Å². The van der Waals surface area contributed by atoms with E-state index in [1.54, 1.807) is 0 Å². The van der Waals surface area contributed by atoms with Crippen molar-refractivity contribution in [2.75, 3.05) is 0 Å². The highest BCUT2D eigenvalue weighted by atomic mass is 19.1. The Balaban J connectivity index is 3.74. The van der Waals surface area contributed by atoms with Gasteiger partial charge in [0.15, 0.2) is 0 Å². The zero-order chi connectivity index (χ0) is 5.70. The maximum Gasteiger partial charge on any atom is 0.129 e. The third-order valence-corrected chi connectivity index (χ3v) is 0.831. The lowest BCUT2D eigenvalue weighted by Crippen LogP contribution is -1.61. The first-order valence-electron chi connectivity index (χ1n) is 2.32. The molecule has 0 N–H and O–H groups in total. The number of rotatable bonds is 1. The predicted molar refractivity (Wildman–Crippen MR) is 28.7 cm³/mol. The van der Waals surface area contributed by atoms with Crippen LogP contribution in [0.5, 0.6) is 0 Å². The molecule has 0 rings (SSSR count). The molecule has 0 saturated heterocycles. The van der Waals surface area contributed by atoms with Crippen molar-refractivity contribution in [2.24, 2.45) is 0 Å². The van der Waals surface area contributed by atoms with E-state index >= 15 is 0 Å². The summed E-state index contributed by atoms with van der Waals surface area (Å²) in [5.41, 5.74) is 3.37. The fourth-order valence-corrected chi connectivity index (χ4v) is 0.195. The van der Waals surface area contributed by atoms with Crippen molar-refractivity contribution in [2.45, 2.75) is 20.3 Å². The second-order valence-corrected chi connectivity index (χ2v) is 1.39. The molecule has 0 nitrogen and oxygen atoms in total. The van der Waals surface area contributed by atoms with Gasteiger partial charge in [0.25, 0.3) is 0 Å². The minimum atomic E-state index is 0.443. The summed E-state index contributed by atoms with van der Waals surface area (Å²) in [6.45, 7) is 3.81. The summed E-state index contributed by atoms with van der Waals surface area (Å²) in [5, 5.41) is 0. The topological polar surface area (TPSA) is 0 Å². The minimum absolute atomic E-state index is 0.443. The normalized spacial score (nSPS) is 7.29. The number of halogens is 1. The highest BCUT2D eigenvalue weighted by Gasteiger charge is 1.74. The molecule has 0 aliphatic carbocycles. The molecule has 0 aliphatic rings. The van der Waals surface area contributed by atoms with Crippen molar-refractivity contribution in [1.29, 1.82) is 0 Å². The van der Waals surface area contributed by atoms with Crippen molar-refractivity contribution in [3.05, 3.63) is 17.6 Å². The van der Waals surface area contributed by atoms with Crippen molar-refractivity contribution in [3.63, 3.8) is 0 Å². The Bertz CT molecular complexity index is 96.7. The van der Waals surface area contributed by atoms with Gasteiger partial charge in [-0.05, 0) is 18.9 Å². The van der Waals surface area contributed by atoms with Gasteiger partial charge in [0, 0.05) is 0 Å². The van der Waals surface area contributed by atoms with Gasteiger partial charge < -0.3 is 0 Å². The fraction of sp³-hybridized carbons (Fsp3) is 0.500. The molecule has 0 unspecified atom stereocenters. The van der Waals surface area contributed by atoms with Crippen LogP contribution < -0.4 is 0 Å². The summed E-state index contributed by atoms with van der Waals surface area (Å²) >= 11 is 0. The zero-order valence-electron chi connectivity index (χ0n) is 4.66. The van der Waals surface area contributed by atoms with Gasteiger partial charge in [0.05, 0.1) is 0 Å². The van der Waals surface area contributed by atoms with Gasteiger partial charge in [-0.1, -0.05) is 12.7 Å². The first-order valence-corrected chi connectivity index (χ1v) is 2.32. The van der Waals surface area contributed by atoms with Gasteiger partial charge in [0.1, 0.15) is 6.33 Å². The Hall–Kier alpha value is -0.550. The second-order valence-electron chi connectivity index (χ2n) is 1.39. The Morgan fingerprint density at radius 2 is 2.43 bits per heavy atom. The smallest absolute Gasteiger partial charge is 0.129 e. The van der Waals surface area contributed by atoms with E-state index in [1.807, 2.05) is 13.8 Å². The van der Waals surface area contributed by atoms with Crippen molar-refractivity contribution >= 4 is 0 Å². The van der Waals surface area contributed by atoms with Crippen LogP contribution in [0.1, 0.15) is 20.3 Å². The minimum Gasteiger partial charge on any atom is -0.206 e. The molecule has 0 amide bonds. The monoisotopic (exact) mass is 100 g/mol. The molecule has 0 bridgehead atoms. The number of hydrogen-bond acceptors (Lipinski definition) is 0. The van der Waals surface area contributed by atoms with Gasteiger partial charge in [-0.3, -0.25) is 0 Å². The van der Waals surface area contributed by atoms with E-state index < -0.39 is 0 Å². The third-order valence-electron chi connectivity index (χ3n) is 0.831. The van der Waals surface area contributed by atoms with E-state index in [0.717, 1.165) is 12.0 Å². The second kappa shape index (κ2) is 3.63. The summed E-state index contributed by atoms with van der Waals surface area (Å²) in [4.78, 5) is 0. The molecular formula is C6H9F. The predicted octanol–water partition coefficient (Wildman–Crippen LogP) is 2.42. The van der Waals surface area contributed by atoms with Crippen LogP contribution in [-0.2, 0) is 0 Å². The molecule has 7 heavy (non-hydrogen) atoms. The number of allylic oxidation sites excluding steroid dienone is 1. The molecule has 40 valence electrons. The molecule has 0 spiro atoms. The first-order chi connectivity index (χ1) is 3.31. The molecular weight excluding hydrogens is 91.1 g/mol. The van der Waals surface area contributed by atoms with E-state index in [2.05, 4.69) is 5.73 Å². The lowest BCUT2D eigenvalue weighted by Gasteiger charge is -1.80. The van der Waals surface area contributed by atoms with Crippen LogP contribution in [0.2, 0.25) is 0 Å². The van der Waals surface area contributed by atoms with Crippen LogP contribution in [0.15, 0.2) is 17.6 Å². The van der Waals surface area contributed by atoms with Crippen LogP contribution in [0.3, 0.4) is 0 Å². The van der Waals surface area contributed by atoms with E-state index in [9.17, 15) is 4.39 Å². The highest BCUT2D eigenvalue weighted by molar-refractivity contribution is 4.93.